The lowest BCUT2D eigenvalue weighted by Gasteiger charge is -2.28. The molecule has 35 heavy (non-hydrogen) atoms. The summed E-state index contributed by atoms with van der Waals surface area (Å²) in [6.45, 7) is 0. The zero-order valence-electron chi connectivity index (χ0n) is 18.9. The molecule has 1 aliphatic heterocycles. The van der Waals surface area contributed by atoms with Gasteiger partial charge < -0.3 is 24.1 Å². The number of amides is 1. The van der Waals surface area contributed by atoms with Crippen molar-refractivity contribution in [2.45, 2.75) is 6.04 Å². The Morgan fingerprint density at radius 3 is 2.34 bits per heavy atom. The average Bonchev–Trinajstić information content (AvgIpc) is 3.43. The van der Waals surface area contributed by atoms with Crippen LogP contribution in [-0.4, -0.2) is 36.1 Å². The molecule has 8 heteroatoms. The van der Waals surface area contributed by atoms with Gasteiger partial charge in [0.2, 0.25) is 5.78 Å². The van der Waals surface area contributed by atoms with E-state index in [9.17, 15) is 19.8 Å². The summed E-state index contributed by atoms with van der Waals surface area (Å²) in [6, 6.07) is 18.7. The minimum Gasteiger partial charge on any atom is -0.506 e. The molecule has 8 nitrogen and oxygen atoms in total. The summed E-state index contributed by atoms with van der Waals surface area (Å²) < 4.78 is 16.6. The van der Waals surface area contributed by atoms with Crippen molar-refractivity contribution in [1.29, 1.82) is 0 Å². The number of Topliss-reactive ketones (excluding diaryl/α,β-unsaturated/α-hetero) is 1. The van der Waals surface area contributed by atoms with E-state index >= 15 is 0 Å². The van der Waals surface area contributed by atoms with Crippen LogP contribution in [0.15, 0.2) is 88.5 Å². The SMILES string of the molecule is COc1ccccc1C1C(C(=O)c2cc3cccc(OC)c3o2)=C(O)C(=O)N1c1ccccc1O. The molecular weight excluding hydrogens is 450 g/mol. The van der Waals surface area contributed by atoms with Crippen molar-refractivity contribution in [2.75, 3.05) is 19.1 Å². The van der Waals surface area contributed by atoms with Gasteiger partial charge in [0.05, 0.1) is 31.5 Å². The van der Waals surface area contributed by atoms with Crippen LogP contribution in [0.2, 0.25) is 0 Å². The number of aromatic hydroxyl groups is 1. The molecule has 3 aromatic carbocycles. The molecule has 0 radical (unpaired) electrons. The number of carbonyl (C=O) groups is 2. The van der Waals surface area contributed by atoms with Gasteiger partial charge >= 0.3 is 0 Å². The number of fused-ring (bicyclic) bond motifs is 1. The number of aliphatic hydroxyl groups excluding tert-OH is 1. The molecule has 1 unspecified atom stereocenters. The molecule has 176 valence electrons. The second-order valence-electron chi connectivity index (χ2n) is 7.89. The Labute approximate surface area is 200 Å². The van der Waals surface area contributed by atoms with Crippen LogP contribution in [0.4, 0.5) is 5.69 Å². The zero-order valence-corrected chi connectivity index (χ0v) is 18.9. The van der Waals surface area contributed by atoms with Gasteiger partial charge in [0, 0.05) is 10.9 Å². The second-order valence-corrected chi connectivity index (χ2v) is 7.89. The van der Waals surface area contributed by atoms with Crippen LogP contribution in [0, 0.1) is 0 Å². The molecule has 1 amide bonds. The summed E-state index contributed by atoms with van der Waals surface area (Å²) in [6.07, 6.45) is 0. The number of furan rings is 1. The van der Waals surface area contributed by atoms with Gasteiger partial charge in [-0.05, 0) is 30.3 Å². The molecule has 0 fully saturated rings. The summed E-state index contributed by atoms with van der Waals surface area (Å²) >= 11 is 0. The molecule has 4 aromatic rings. The Balaban J connectivity index is 1.71. The first kappa shape index (κ1) is 22.1. The standard InChI is InChI=1S/C27H21NO7/c1-33-19-12-6-3-9-16(19)23-22(25(31)27(32)28(23)17-10-4-5-11-18(17)29)24(30)21-14-15-8-7-13-20(34-2)26(15)35-21/h3-14,23,29,31H,1-2H3. The lowest BCUT2D eigenvalue weighted by atomic mass is 9.94. The van der Waals surface area contributed by atoms with Crippen molar-refractivity contribution in [2.24, 2.45) is 0 Å². The third kappa shape index (κ3) is 3.47. The fraction of sp³-hybridized carbons (Fsp3) is 0.111. The number of phenolic OH excluding ortho intramolecular Hbond substituents is 1. The van der Waals surface area contributed by atoms with Crippen LogP contribution in [0.3, 0.4) is 0 Å². The molecule has 1 aliphatic rings. The minimum atomic E-state index is -1.09. The largest absolute Gasteiger partial charge is 0.506 e. The third-order valence-electron chi connectivity index (χ3n) is 5.98. The van der Waals surface area contributed by atoms with Gasteiger partial charge in [0.25, 0.3) is 5.91 Å². The Kier molecular flexibility index (Phi) is 5.41. The summed E-state index contributed by atoms with van der Waals surface area (Å²) in [4.78, 5) is 28.3. The van der Waals surface area contributed by atoms with Crippen LogP contribution in [0.1, 0.15) is 22.2 Å². The summed E-state index contributed by atoms with van der Waals surface area (Å²) in [5.41, 5.74) is 0.761. The van der Waals surface area contributed by atoms with Gasteiger partial charge in [0.15, 0.2) is 22.9 Å². The van der Waals surface area contributed by atoms with E-state index in [1.807, 2.05) is 0 Å². The van der Waals surface area contributed by atoms with E-state index in [1.165, 1.54) is 37.3 Å². The van der Waals surface area contributed by atoms with E-state index in [-0.39, 0.29) is 22.8 Å². The number of ether oxygens (including phenoxy) is 2. The number of ketones is 1. The Bertz CT molecular complexity index is 1500. The van der Waals surface area contributed by atoms with Crippen molar-refractivity contribution >= 4 is 28.3 Å². The highest BCUT2D eigenvalue weighted by Crippen LogP contribution is 2.47. The van der Waals surface area contributed by atoms with E-state index in [0.717, 1.165) is 0 Å². The Hall–Kier alpha value is -4.72. The number of carbonyl (C=O) groups excluding carboxylic acids is 2. The minimum absolute atomic E-state index is 0.0714. The van der Waals surface area contributed by atoms with Crippen molar-refractivity contribution in [3.05, 3.63) is 95.5 Å². The molecule has 1 atom stereocenters. The van der Waals surface area contributed by atoms with Gasteiger partial charge in [-0.1, -0.05) is 42.5 Å². The van der Waals surface area contributed by atoms with E-state index < -0.39 is 23.5 Å². The van der Waals surface area contributed by atoms with E-state index in [0.29, 0.717) is 28.0 Å². The smallest absolute Gasteiger partial charge is 0.294 e. The Morgan fingerprint density at radius 2 is 1.60 bits per heavy atom. The highest BCUT2D eigenvalue weighted by Gasteiger charge is 2.47. The fourth-order valence-electron chi connectivity index (χ4n) is 4.38. The van der Waals surface area contributed by atoms with Crippen molar-refractivity contribution < 1.29 is 33.7 Å². The van der Waals surface area contributed by atoms with Crippen LogP contribution in [0.25, 0.3) is 11.0 Å². The average molecular weight is 471 g/mol. The number of rotatable bonds is 6. The molecule has 2 N–H and O–H groups in total. The second kappa shape index (κ2) is 8.57. The third-order valence-corrected chi connectivity index (χ3v) is 5.98. The first-order valence-corrected chi connectivity index (χ1v) is 10.7. The topological polar surface area (TPSA) is 109 Å². The number of benzene rings is 3. The molecular formula is C27H21NO7. The van der Waals surface area contributed by atoms with Gasteiger partial charge in [-0.25, -0.2) is 0 Å². The van der Waals surface area contributed by atoms with Crippen LogP contribution in [-0.2, 0) is 4.79 Å². The highest BCUT2D eigenvalue weighted by molar-refractivity contribution is 6.21. The first-order valence-electron chi connectivity index (χ1n) is 10.7. The van der Waals surface area contributed by atoms with Gasteiger partial charge in [-0.15, -0.1) is 0 Å². The molecule has 1 aromatic heterocycles. The first-order chi connectivity index (χ1) is 17.0. The molecule has 0 bridgehead atoms. The maximum atomic E-state index is 13.8. The molecule has 0 spiro atoms. The zero-order chi connectivity index (χ0) is 24.7. The van der Waals surface area contributed by atoms with Crippen LogP contribution < -0.4 is 14.4 Å². The summed E-state index contributed by atoms with van der Waals surface area (Å²) in [5, 5.41) is 22.1. The maximum absolute atomic E-state index is 13.8. The molecule has 2 heterocycles. The predicted octanol–water partition coefficient (Wildman–Crippen LogP) is 4.94. The highest BCUT2D eigenvalue weighted by atomic mass is 16.5. The van der Waals surface area contributed by atoms with Gasteiger partial charge in [-0.2, -0.15) is 0 Å². The number of hydrogen-bond acceptors (Lipinski definition) is 7. The number of para-hydroxylation sites is 4. The number of phenols is 1. The number of anilines is 1. The monoisotopic (exact) mass is 471 g/mol. The lowest BCUT2D eigenvalue weighted by molar-refractivity contribution is -0.117. The normalized spacial score (nSPS) is 15.7. The number of nitrogens with zero attached hydrogens (tertiary/aromatic N) is 1. The summed E-state index contributed by atoms with van der Waals surface area (Å²) in [5.74, 6) is -1.66. The number of aliphatic hydroxyl groups is 1. The number of methoxy groups -OCH3 is 2. The van der Waals surface area contributed by atoms with Crippen molar-refractivity contribution in [1.82, 2.24) is 0 Å². The maximum Gasteiger partial charge on any atom is 0.294 e. The molecule has 5 rings (SSSR count). The van der Waals surface area contributed by atoms with E-state index in [1.54, 1.807) is 54.6 Å². The van der Waals surface area contributed by atoms with Crippen LogP contribution >= 0.6 is 0 Å². The van der Waals surface area contributed by atoms with Crippen molar-refractivity contribution in [3.8, 4) is 17.2 Å². The Morgan fingerprint density at radius 1 is 0.914 bits per heavy atom. The molecule has 0 saturated carbocycles. The molecule has 0 aliphatic carbocycles. The van der Waals surface area contributed by atoms with Crippen molar-refractivity contribution in [3.63, 3.8) is 0 Å². The van der Waals surface area contributed by atoms with E-state index in [2.05, 4.69) is 0 Å². The quantitative estimate of drug-likeness (QED) is 0.384. The van der Waals surface area contributed by atoms with Gasteiger partial charge in [0.1, 0.15) is 11.5 Å². The lowest BCUT2D eigenvalue weighted by Crippen LogP contribution is -2.31. The summed E-state index contributed by atoms with van der Waals surface area (Å²) in [7, 11) is 2.96. The fourth-order valence-corrected chi connectivity index (χ4v) is 4.38. The predicted molar refractivity (Wildman–Crippen MR) is 128 cm³/mol. The van der Waals surface area contributed by atoms with E-state index in [4.69, 9.17) is 13.9 Å². The number of hydrogen-bond donors (Lipinski definition) is 2. The molecule has 0 saturated heterocycles. The van der Waals surface area contributed by atoms with Gasteiger partial charge in [-0.3, -0.25) is 14.5 Å². The van der Waals surface area contributed by atoms with Crippen LogP contribution in [0.5, 0.6) is 17.2 Å².